The van der Waals surface area contributed by atoms with Gasteiger partial charge in [-0.25, -0.2) is 4.98 Å². The van der Waals surface area contributed by atoms with E-state index in [0.717, 1.165) is 12.4 Å². The number of hydrogen-bond acceptors (Lipinski definition) is 2. The Morgan fingerprint density at radius 2 is 1.72 bits per heavy atom. The Kier molecular flexibility index (Phi) is 3.91. The van der Waals surface area contributed by atoms with Crippen LogP contribution < -0.4 is 10.3 Å². The van der Waals surface area contributed by atoms with Gasteiger partial charge in [0.25, 0.3) is 0 Å². The van der Waals surface area contributed by atoms with E-state index in [9.17, 15) is 0 Å². The molecule has 3 aromatic rings. The second kappa shape index (κ2) is 6.10. The van der Waals surface area contributed by atoms with Crippen LogP contribution in [0, 0.1) is 19.8 Å². The van der Waals surface area contributed by atoms with Crippen molar-refractivity contribution in [2.24, 2.45) is 5.92 Å². The molecule has 4 heteroatoms. The molecule has 0 spiro atoms. The molecule has 25 heavy (non-hydrogen) atoms. The fraction of sp³-hybridized carbons (Fsp3) is 0.286. The Morgan fingerprint density at radius 1 is 1.00 bits per heavy atom. The van der Waals surface area contributed by atoms with Gasteiger partial charge in [0.2, 0.25) is 0 Å². The molecule has 126 valence electrons. The molecular weight excluding hydrogens is 305 g/mol. The fourth-order valence-electron chi connectivity index (χ4n) is 4.04. The highest BCUT2D eigenvalue weighted by atomic mass is 15.2. The van der Waals surface area contributed by atoms with E-state index in [-0.39, 0.29) is 6.98 Å². The van der Waals surface area contributed by atoms with Gasteiger partial charge in [-0.05, 0) is 37.4 Å². The van der Waals surface area contributed by atoms with Crippen LogP contribution >= 0.6 is 0 Å². The van der Waals surface area contributed by atoms with Gasteiger partial charge in [-0.2, -0.15) is 0 Å². The number of hydrogen-bond donors (Lipinski definition) is 0. The Bertz CT molecular complexity index is 893. The third-order valence-electron chi connectivity index (χ3n) is 5.04. The van der Waals surface area contributed by atoms with Gasteiger partial charge in [0.15, 0.2) is 0 Å². The molecule has 1 aliphatic rings. The van der Waals surface area contributed by atoms with Gasteiger partial charge in [0.05, 0.1) is 0 Å². The predicted octanol–water partition coefficient (Wildman–Crippen LogP) is 3.89. The van der Waals surface area contributed by atoms with Crippen LogP contribution in [0.5, 0.6) is 0 Å². The largest absolute Gasteiger partial charge is 0.417 e. The molecule has 0 radical (unpaired) electrons. The zero-order valence-corrected chi connectivity index (χ0v) is 15.4. The molecule has 1 aliphatic heterocycles. The average Bonchev–Trinajstić information content (AvgIpc) is 3.06. The summed E-state index contributed by atoms with van der Waals surface area (Å²) >= 11 is 0. The van der Waals surface area contributed by atoms with Gasteiger partial charge < -0.3 is 9.29 Å². The molecule has 0 saturated carbocycles. The standard InChI is InChI=1S/C21H24BN3/c1-15(2)14-25-19-11-6-5-10-18(19)21-23-12-13-24(21)22(25)20-16(3)8-7-9-17(20)4/h5-13,15H,14H2,1-4H3. The van der Waals surface area contributed by atoms with Gasteiger partial charge in [-0.1, -0.05) is 55.3 Å². The van der Waals surface area contributed by atoms with Crippen molar-refractivity contribution in [1.82, 2.24) is 9.46 Å². The monoisotopic (exact) mass is 329 g/mol. The third kappa shape index (κ3) is 2.57. The van der Waals surface area contributed by atoms with Crippen molar-refractivity contribution < 1.29 is 0 Å². The summed E-state index contributed by atoms with van der Waals surface area (Å²) in [5, 5.41) is 0. The van der Waals surface area contributed by atoms with E-state index in [1.165, 1.54) is 27.8 Å². The number of imidazole rings is 1. The van der Waals surface area contributed by atoms with E-state index in [4.69, 9.17) is 0 Å². The van der Waals surface area contributed by atoms with E-state index >= 15 is 0 Å². The third-order valence-corrected chi connectivity index (χ3v) is 5.04. The summed E-state index contributed by atoms with van der Waals surface area (Å²) in [7, 11) is 0. The molecule has 1 aromatic heterocycles. The van der Waals surface area contributed by atoms with Crippen molar-refractivity contribution in [2.75, 3.05) is 11.4 Å². The van der Waals surface area contributed by atoms with Gasteiger partial charge >= 0.3 is 6.98 Å². The molecule has 0 fully saturated rings. The van der Waals surface area contributed by atoms with Crippen molar-refractivity contribution in [1.29, 1.82) is 0 Å². The minimum Gasteiger partial charge on any atom is -0.391 e. The van der Waals surface area contributed by atoms with Crippen LogP contribution in [0.2, 0.25) is 0 Å². The maximum Gasteiger partial charge on any atom is 0.417 e. The summed E-state index contributed by atoms with van der Waals surface area (Å²) in [4.78, 5) is 7.23. The highest BCUT2D eigenvalue weighted by Gasteiger charge is 2.38. The van der Waals surface area contributed by atoms with Crippen molar-refractivity contribution >= 4 is 18.1 Å². The lowest BCUT2D eigenvalue weighted by molar-refractivity contribution is 0.658. The molecule has 0 unspecified atom stereocenters. The quantitative estimate of drug-likeness (QED) is 0.680. The molecule has 4 rings (SSSR count). The number of anilines is 1. The zero-order valence-electron chi connectivity index (χ0n) is 15.4. The van der Waals surface area contributed by atoms with Crippen LogP contribution in [-0.4, -0.2) is 23.0 Å². The van der Waals surface area contributed by atoms with Gasteiger partial charge in [-0.15, -0.1) is 0 Å². The molecule has 0 amide bonds. The van der Waals surface area contributed by atoms with Crippen molar-refractivity contribution in [3.63, 3.8) is 0 Å². The molecular formula is C21H24BN3. The second-order valence-corrected chi connectivity index (χ2v) is 7.40. The minimum atomic E-state index is 0.149. The van der Waals surface area contributed by atoms with Crippen LogP contribution in [-0.2, 0) is 0 Å². The number of rotatable bonds is 3. The van der Waals surface area contributed by atoms with E-state index in [1.807, 2.05) is 6.20 Å². The lowest BCUT2D eigenvalue weighted by Gasteiger charge is -2.39. The highest BCUT2D eigenvalue weighted by Crippen LogP contribution is 2.36. The normalized spacial score (nSPS) is 13.2. The summed E-state index contributed by atoms with van der Waals surface area (Å²) in [5.41, 5.74) is 6.55. The van der Waals surface area contributed by atoms with E-state index in [1.54, 1.807) is 0 Å². The van der Waals surface area contributed by atoms with Crippen molar-refractivity contribution in [3.05, 3.63) is 66.0 Å². The maximum absolute atomic E-state index is 4.68. The topological polar surface area (TPSA) is 21.1 Å². The first kappa shape index (κ1) is 16.0. The Balaban J connectivity index is 1.99. The smallest absolute Gasteiger partial charge is 0.391 e. The summed E-state index contributed by atoms with van der Waals surface area (Å²) < 4.78 is 2.33. The van der Waals surface area contributed by atoms with Crippen LogP contribution in [0.15, 0.2) is 54.9 Å². The Morgan fingerprint density at radius 3 is 2.44 bits per heavy atom. The number of para-hydroxylation sites is 1. The van der Waals surface area contributed by atoms with E-state index < -0.39 is 0 Å². The molecule has 2 aromatic carbocycles. The minimum absolute atomic E-state index is 0.149. The molecule has 0 aliphatic carbocycles. The summed E-state index contributed by atoms with van der Waals surface area (Å²) in [6.45, 7) is 10.2. The number of nitrogens with zero attached hydrogens (tertiary/aromatic N) is 3. The van der Waals surface area contributed by atoms with Gasteiger partial charge in [0.1, 0.15) is 5.82 Å². The lowest BCUT2D eigenvalue weighted by Crippen LogP contribution is -2.58. The first-order chi connectivity index (χ1) is 12.1. The number of aromatic nitrogens is 2. The number of benzene rings is 2. The number of fused-ring (bicyclic) bond motifs is 3. The molecule has 2 heterocycles. The fourth-order valence-corrected chi connectivity index (χ4v) is 4.04. The summed E-state index contributed by atoms with van der Waals surface area (Å²) in [6, 6.07) is 15.2. The first-order valence-corrected chi connectivity index (χ1v) is 9.03. The SMILES string of the molecule is Cc1cccc(C)c1B1N(CC(C)C)c2ccccc2-c2nccn21. The summed E-state index contributed by atoms with van der Waals surface area (Å²) in [6.07, 6.45) is 4.04. The molecule has 0 atom stereocenters. The lowest BCUT2D eigenvalue weighted by atomic mass is 9.60. The van der Waals surface area contributed by atoms with Crippen LogP contribution in [0.4, 0.5) is 5.69 Å². The molecule has 3 nitrogen and oxygen atoms in total. The Hall–Kier alpha value is -2.49. The van der Waals surface area contributed by atoms with Crippen molar-refractivity contribution in [3.8, 4) is 11.4 Å². The maximum atomic E-state index is 4.68. The van der Waals surface area contributed by atoms with Gasteiger partial charge in [0, 0.05) is 30.2 Å². The molecule has 0 saturated heterocycles. The zero-order chi connectivity index (χ0) is 17.6. The highest BCUT2D eigenvalue weighted by molar-refractivity contribution is 6.77. The van der Waals surface area contributed by atoms with Crippen LogP contribution in [0.1, 0.15) is 25.0 Å². The summed E-state index contributed by atoms with van der Waals surface area (Å²) in [5.74, 6) is 1.63. The van der Waals surface area contributed by atoms with Crippen LogP contribution in [0.3, 0.4) is 0 Å². The van der Waals surface area contributed by atoms with Crippen LogP contribution in [0.25, 0.3) is 11.4 Å². The van der Waals surface area contributed by atoms with E-state index in [0.29, 0.717) is 5.92 Å². The number of aryl methyl sites for hydroxylation is 2. The van der Waals surface area contributed by atoms with E-state index in [2.05, 4.69) is 90.6 Å². The van der Waals surface area contributed by atoms with Gasteiger partial charge in [-0.3, -0.25) is 0 Å². The predicted molar refractivity (Wildman–Crippen MR) is 107 cm³/mol. The Labute approximate surface area is 150 Å². The first-order valence-electron chi connectivity index (χ1n) is 9.03. The van der Waals surface area contributed by atoms with Crippen molar-refractivity contribution in [2.45, 2.75) is 27.7 Å². The molecule has 0 N–H and O–H groups in total. The average molecular weight is 329 g/mol. The molecule has 0 bridgehead atoms. The second-order valence-electron chi connectivity index (χ2n) is 7.40.